The molecule has 0 bridgehead atoms. The van der Waals surface area contributed by atoms with Crippen molar-refractivity contribution in [1.82, 2.24) is 16.0 Å². The van der Waals surface area contributed by atoms with Crippen LogP contribution in [0.3, 0.4) is 0 Å². The smallest absolute Gasteiger partial charge is 0.223 e. The van der Waals surface area contributed by atoms with E-state index in [1.807, 2.05) is 13.0 Å². The van der Waals surface area contributed by atoms with Gasteiger partial charge in [-0.2, -0.15) is 0 Å². The Hall–Kier alpha value is -0.830. The van der Waals surface area contributed by atoms with E-state index >= 15 is 0 Å². The fourth-order valence-corrected chi connectivity index (χ4v) is 2.81. The molecule has 1 aliphatic carbocycles. The number of aliphatic imine (C=N–C) groups is 1. The van der Waals surface area contributed by atoms with Gasteiger partial charge in [0, 0.05) is 36.6 Å². The van der Waals surface area contributed by atoms with Gasteiger partial charge in [0.1, 0.15) is 0 Å². The highest BCUT2D eigenvalue weighted by Crippen LogP contribution is 2.28. The molecule has 2 rings (SSSR count). The molecular weight excluding hydrogens is 495 g/mol. The molecule has 0 saturated heterocycles. The Morgan fingerprint density at radius 2 is 2.00 bits per heavy atom. The Balaban J connectivity index is 0.00000312. The zero-order valence-corrected chi connectivity index (χ0v) is 18.6. The SMILES string of the molecule is CCNC(=NCCCc1cccc(Br)c1)NCCNC(=O)C1CC1.I. The van der Waals surface area contributed by atoms with Crippen molar-refractivity contribution in [3.63, 3.8) is 0 Å². The minimum Gasteiger partial charge on any atom is -0.357 e. The Morgan fingerprint density at radius 1 is 1.24 bits per heavy atom. The Kier molecular flexibility index (Phi) is 11.1. The molecule has 140 valence electrons. The quantitative estimate of drug-likeness (QED) is 0.202. The minimum absolute atomic E-state index is 0. The van der Waals surface area contributed by atoms with E-state index in [2.05, 4.69) is 55.1 Å². The van der Waals surface area contributed by atoms with Crippen LogP contribution in [0.4, 0.5) is 0 Å². The van der Waals surface area contributed by atoms with Gasteiger partial charge in [0.2, 0.25) is 5.91 Å². The molecule has 0 aromatic heterocycles. The fourth-order valence-electron chi connectivity index (χ4n) is 2.36. The Morgan fingerprint density at radius 3 is 2.68 bits per heavy atom. The van der Waals surface area contributed by atoms with Crippen LogP contribution in [0, 0.1) is 5.92 Å². The number of rotatable bonds is 9. The molecule has 0 heterocycles. The summed E-state index contributed by atoms with van der Waals surface area (Å²) in [5, 5.41) is 9.44. The predicted molar refractivity (Wildman–Crippen MR) is 118 cm³/mol. The first-order valence-corrected chi connectivity index (χ1v) is 9.52. The number of nitrogens with one attached hydrogen (secondary N) is 3. The van der Waals surface area contributed by atoms with Crippen molar-refractivity contribution in [2.24, 2.45) is 10.9 Å². The second kappa shape index (κ2) is 12.5. The molecule has 0 unspecified atom stereocenters. The van der Waals surface area contributed by atoms with E-state index in [-0.39, 0.29) is 35.8 Å². The maximum atomic E-state index is 11.6. The van der Waals surface area contributed by atoms with Gasteiger partial charge < -0.3 is 16.0 Å². The summed E-state index contributed by atoms with van der Waals surface area (Å²) >= 11 is 3.50. The van der Waals surface area contributed by atoms with Crippen LogP contribution in [0.5, 0.6) is 0 Å². The molecule has 25 heavy (non-hydrogen) atoms. The van der Waals surface area contributed by atoms with E-state index in [4.69, 9.17) is 0 Å². The second-order valence-corrected chi connectivity index (χ2v) is 6.90. The Bertz CT molecular complexity index is 564. The first kappa shape index (κ1) is 22.2. The highest BCUT2D eigenvalue weighted by atomic mass is 127. The normalized spacial score (nSPS) is 13.8. The van der Waals surface area contributed by atoms with Crippen LogP contribution in [0.25, 0.3) is 0 Å². The summed E-state index contributed by atoms with van der Waals surface area (Å²) in [6.45, 7) is 4.98. The number of guanidine groups is 1. The number of nitrogens with zero attached hydrogens (tertiary/aromatic N) is 1. The second-order valence-electron chi connectivity index (χ2n) is 5.99. The molecule has 1 aromatic rings. The molecule has 1 saturated carbocycles. The number of hydrogen-bond acceptors (Lipinski definition) is 2. The van der Waals surface area contributed by atoms with Gasteiger partial charge in [-0.3, -0.25) is 9.79 Å². The van der Waals surface area contributed by atoms with Crippen molar-refractivity contribution in [2.45, 2.75) is 32.6 Å². The largest absolute Gasteiger partial charge is 0.357 e. The molecule has 0 atom stereocenters. The maximum absolute atomic E-state index is 11.6. The summed E-state index contributed by atoms with van der Waals surface area (Å²) in [5.74, 6) is 1.27. The van der Waals surface area contributed by atoms with Gasteiger partial charge in [0.25, 0.3) is 0 Å². The van der Waals surface area contributed by atoms with Gasteiger partial charge in [-0.25, -0.2) is 0 Å². The molecule has 1 aliphatic rings. The molecule has 5 nitrogen and oxygen atoms in total. The molecule has 1 aromatic carbocycles. The summed E-state index contributed by atoms with van der Waals surface area (Å²) in [4.78, 5) is 16.1. The number of hydrogen-bond donors (Lipinski definition) is 3. The lowest BCUT2D eigenvalue weighted by Gasteiger charge is -2.11. The molecule has 1 amide bonds. The van der Waals surface area contributed by atoms with Crippen LogP contribution in [0.15, 0.2) is 33.7 Å². The van der Waals surface area contributed by atoms with Gasteiger partial charge in [-0.15, -0.1) is 24.0 Å². The third kappa shape index (κ3) is 9.44. The first-order valence-electron chi connectivity index (χ1n) is 8.73. The molecule has 7 heteroatoms. The Labute approximate surface area is 176 Å². The van der Waals surface area contributed by atoms with Gasteiger partial charge in [0.05, 0.1) is 0 Å². The van der Waals surface area contributed by atoms with Crippen LogP contribution >= 0.6 is 39.9 Å². The molecule has 1 fully saturated rings. The topological polar surface area (TPSA) is 65.5 Å². The summed E-state index contributed by atoms with van der Waals surface area (Å²) in [6, 6.07) is 8.39. The highest BCUT2D eigenvalue weighted by molar-refractivity contribution is 14.0. The molecule has 0 spiro atoms. The zero-order valence-electron chi connectivity index (χ0n) is 14.7. The fraction of sp³-hybridized carbons (Fsp3) is 0.556. The third-order valence-corrected chi connectivity index (χ3v) is 4.28. The molecule has 0 aliphatic heterocycles. The van der Waals surface area contributed by atoms with E-state index in [1.54, 1.807) is 0 Å². The predicted octanol–water partition coefficient (Wildman–Crippen LogP) is 3.08. The van der Waals surface area contributed by atoms with Crippen molar-refractivity contribution in [1.29, 1.82) is 0 Å². The summed E-state index contributed by atoms with van der Waals surface area (Å²) in [6.07, 6.45) is 4.11. The average molecular weight is 523 g/mol. The zero-order chi connectivity index (χ0) is 17.2. The van der Waals surface area contributed by atoms with Crippen molar-refractivity contribution < 1.29 is 4.79 Å². The van der Waals surface area contributed by atoms with Gasteiger partial charge in [0.15, 0.2) is 5.96 Å². The summed E-state index contributed by atoms with van der Waals surface area (Å²) < 4.78 is 1.12. The number of amides is 1. The summed E-state index contributed by atoms with van der Waals surface area (Å²) in [5.41, 5.74) is 1.32. The van der Waals surface area contributed by atoms with Crippen LogP contribution in [-0.4, -0.2) is 38.0 Å². The lowest BCUT2D eigenvalue weighted by atomic mass is 10.1. The van der Waals surface area contributed by atoms with Crippen LogP contribution in [0.2, 0.25) is 0 Å². The monoisotopic (exact) mass is 522 g/mol. The highest BCUT2D eigenvalue weighted by Gasteiger charge is 2.28. The van der Waals surface area contributed by atoms with Crippen LogP contribution in [-0.2, 0) is 11.2 Å². The van der Waals surface area contributed by atoms with E-state index in [0.29, 0.717) is 13.1 Å². The molecule has 3 N–H and O–H groups in total. The van der Waals surface area contributed by atoms with E-state index < -0.39 is 0 Å². The van der Waals surface area contributed by atoms with Gasteiger partial charge in [-0.1, -0.05) is 28.1 Å². The molecular formula is C18H28BrIN4O. The van der Waals surface area contributed by atoms with Gasteiger partial charge >= 0.3 is 0 Å². The molecule has 0 radical (unpaired) electrons. The lowest BCUT2D eigenvalue weighted by Crippen LogP contribution is -2.41. The number of aryl methyl sites for hydroxylation is 1. The van der Waals surface area contributed by atoms with Crippen molar-refractivity contribution in [2.75, 3.05) is 26.2 Å². The number of halogens is 2. The van der Waals surface area contributed by atoms with Gasteiger partial charge in [-0.05, 0) is 50.3 Å². The van der Waals surface area contributed by atoms with E-state index in [1.165, 1.54) is 5.56 Å². The number of benzene rings is 1. The van der Waals surface area contributed by atoms with Crippen molar-refractivity contribution in [3.05, 3.63) is 34.3 Å². The summed E-state index contributed by atoms with van der Waals surface area (Å²) in [7, 11) is 0. The van der Waals surface area contributed by atoms with E-state index in [0.717, 1.165) is 49.2 Å². The van der Waals surface area contributed by atoms with Crippen LogP contribution in [0.1, 0.15) is 31.7 Å². The maximum Gasteiger partial charge on any atom is 0.223 e. The van der Waals surface area contributed by atoms with E-state index in [9.17, 15) is 4.79 Å². The standard InChI is InChI=1S/C18H27BrN4O.HI/c1-2-20-18(23-12-11-21-17(24)15-8-9-15)22-10-4-6-14-5-3-7-16(19)13-14;/h3,5,7,13,15H,2,4,6,8-12H2,1H3,(H,21,24)(H2,20,22,23);1H. The van der Waals surface area contributed by atoms with Crippen molar-refractivity contribution >= 4 is 51.8 Å². The third-order valence-electron chi connectivity index (χ3n) is 3.79. The number of carbonyl (C=O) groups is 1. The lowest BCUT2D eigenvalue weighted by molar-refractivity contribution is -0.122. The average Bonchev–Trinajstić information content (AvgIpc) is 3.40. The first-order chi connectivity index (χ1) is 11.7. The van der Waals surface area contributed by atoms with Crippen LogP contribution < -0.4 is 16.0 Å². The van der Waals surface area contributed by atoms with Crippen molar-refractivity contribution in [3.8, 4) is 0 Å². The number of carbonyl (C=O) groups excluding carboxylic acids is 1. The minimum atomic E-state index is 0.